The summed E-state index contributed by atoms with van der Waals surface area (Å²) in [5.41, 5.74) is 1.07. The molecule has 0 bridgehead atoms. The van der Waals surface area contributed by atoms with Gasteiger partial charge in [0.2, 0.25) is 16.0 Å². The second-order valence-electron chi connectivity index (χ2n) is 8.53. The molecular weight excluding hydrogens is 476 g/mol. The number of nitrogens with zero attached hydrogens (tertiary/aromatic N) is 2. The topological polar surface area (TPSA) is 152 Å². The van der Waals surface area contributed by atoms with E-state index in [0.717, 1.165) is 35.6 Å². The van der Waals surface area contributed by atoms with E-state index in [-0.39, 0.29) is 29.1 Å². The minimum absolute atomic E-state index is 0.0239. The molecule has 3 aromatic rings. The number of thiazole rings is 1. The number of alkyl carbamates (subject to hydrolysis) is 1. The highest BCUT2D eigenvalue weighted by Gasteiger charge is 2.27. The van der Waals surface area contributed by atoms with E-state index in [4.69, 9.17) is 9.88 Å². The fourth-order valence-electron chi connectivity index (χ4n) is 4.01. The van der Waals surface area contributed by atoms with Gasteiger partial charge in [-0.1, -0.05) is 6.07 Å². The zero-order chi connectivity index (χ0) is 24.3. The Hall–Kier alpha value is -2.96. The van der Waals surface area contributed by atoms with Crippen molar-refractivity contribution in [3.8, 4) is 10.4 Å². The first-order chi connectivity index (χ1) is 16.2. The molecule has 4 rings (SSSR count). The largest absolute Gasteiger partial charge is 0.447 e. The van der Waals surface area contributed by atoms with Crippen LogP contribution in [0, 0.1) is 0 Å². The summed E-state index contributed by atoms with van der Waals surface area (Å²) in [7, 11) is -3.97. The van der Waals surface area contributed by atoms with Gasteiger partial charge in [-0.15, -0.1) is 11.3 Å². The number of nitrogens with two attached hydrogens (primary N) is 1. The summed E-state index contributed by atoms with van der Waals surface area (Å²) in [5.74, 6) is 0.756. The molecule has 1 saturated carbocycles. The minimum Gasteiger partial charge on any atom is -0.447 e. The first-order valence-corrected chi connectivity index (χ1v) is 13.4. The number of imidazole rings is 1. The van der Waals surface area contributed by atoms with Crippen molar-refractivity contribution in [2.24, 2.45) is 5.14 Å². The van der Waals surface area contributed by atoms with Crippen molar-refractivity contribution in [2.45, 2.75) is 62.5 Å². The number of hydrogen-bond donors (Lipinski definition) is 4. The molecule has 1 aromatic carbocycles. The van der Waals surface area contributed by atoms with E-state index in [2.05, 4.69) is 25.6 Å². The van der Waals surface area contributed by atoms with E-state index in [0.29, 0.717) is 17.2 Å². The molecule has 0 saturated heterocycles. The highest BCUT2D eigenvalue weighted by molar-refractivity contribution is 7.89. The van der Waals surface area contributed by atoms with E-state index >= 15 is 0 Å². The molecule has 1 fully saturated rings. The van der Waals surface area contributed by atoms with E-state index in [9.17, 15) is 13.2 Å². The SMILES string of the molecule is CC(C)OC(=O)N[C@H]1CC[C@H](c2ncc(-c3ccc(Nc4ncc[nH]4)cc3S(N)(=O)=O)s2)CC1. The van der Waals surface area contributed by atoms with Crippen molar-refractivity contribution in [2.75, 3.05) is 5.32 Å². The minimum atomic E-state index is -3.97. The lowest BCUT2D eigenvalue weighted by Crippen LogP contribution is -2.38. The normalized spacial score (nSPS) is 18.6. The number of aromatic nitrogens is 3. The number of aromatic amines is 1. The third-order valence-electron chi connectivity index (χ3n) is 5.58. The Morgan fingerprint density at radius 3 is 2.65 bits per heavy atom. The summed E-state index contributed by atoms with van der Waals surface area (Å²) in [5, 5.41) is 12.4. The molecule has 2 heterocycles. The number of anilines is 2. The number of carbonyl (C=O) groups is 1. The molecule has 0 atom stereocenters. The second-order valence-corrected chi connectivity index (χ2v) is 11.1. The predicted molar refractivity (Wildman–Crippen MR) is 131 cm³/mol. The van der Waals surface area contributed by atoms with Gasteiger partial charge < -0.3 is 20.4 Å². The number of hydrogen-bond acceptors (Lipinski definition) is 8. The van der Waals surface area contributed by atoms with Crippen LogP contribution in [0.4, 0.5) is 16.4 Å². The number of nitrogens with one attached hydrogen (secondary N) is 3. The molecule has 182 valence electrons. The number of rotatable bonds is 7. The van der Waals surface area contributed by atoms with Crippen molar-refractivity contribution < 1.29 is 17.9 Å². The van der Waals surface area contributed by atoms with Crippen LogP contribution in [0.5, 0.6) is 0 Å². The second kappa shape index (κ2) is 10.1. The Bertz CT molecular complexity index is 1230. The van der Waals surface area contributed by atoms with Gasteiger partial charge in [0.15, 0.2) is 0 Å². The van der Waals surface area contributed by atoms with Crippen molar-refractivity contribution in [3.63, 3.8) is 0 Å². The molecule has 34 heavy (non-hydrogen) atoms. The van der Waals surface area contributed by atoms with E-state index in [1.165, 1.54) is 17.4 Å². The van der Waals surface area contributed by atoms with Crippen LogP contribution >= 0.6 is 11.3 Å². The molecule has 5 N–H and O–H groups in total. The Morgan fingerprint density at radius 2 is 2.00 bits per heavy atom. The highest BCUT2D eigenvalue weighted by Crippen LogP contribution is 2.39. The molecule has 0 radical (unpaired) electrons. The first kappa shape index (κ1) is 24.2. The fraction of sp³-hybridized carbons (Fsp3) is 0.409. The molecule has 10 nitrogen and oxygen atoms in total. The van der Waals surface area contributed by atoms with Crippen LogP contribution in [0.2, 0.25) is 0 Å². The molecule has 0 spiro atoms. The van der Waals surface area contributed by atoms with Crippen LogP contribution < -0.4 is 15.8 Å². The van der Waals surface area contributed by atoms with Gasteiger partial charge in [-0.25, -0.2) is 28.3 Å². The fourth-order valence-corrected chi connectivity index (χ4v) is 5.98. The number of ether oxygens (including phenoxy) is 1. The standard InChI is InChI=1S/C22H28N6O4S2/c1-13(2)32-22(29)28-15-5-3-14(4-6-15)20-26-12-18(33-20)17-8-7-16(11-19(17)34(23,30)31)27-21-24-9-10-25-21/h7-15H,3-6H2,1-2H3,(H,28,29)(H2,23,30,31)(H2,24,25,27)/t14-,15-. The predicted octanol–water partition coefficient (Wildman–Crippen LogP) is 4.09. The number of carbonyl (C=O) groups excluding carboxylic acids is 1. The number of primary sulfonamides is 1. The lowest BCUT2D eigenvalue weighted by atomic mass is 9.86. The summed E-state index contributed by atoms with van der Waals surface area (Å²) in [6.07, 6.45) is 7.87. The van der Waals surface area contributed by atoms with Gasteiger partial charge in [0.25, 0.3) is 0 Å². The number of amides is 1. The molecular formula is C22H28N6O4S2. The quantitative estimate of drug-likeness (QED) is 0.378. The number of H-pyrrole nitrogens is 1. The molecule has 2 aromatic heterocycles. The zero-order valence-corrected chi connectivity index (χ0v) is 20.6. The maximum absolute atomic E-state index is 12.3. The van der Waals surface area contributed by atoms with Gasteiger partial charge in [-0.05, 0) is 51.7 Å². The van der Waals surface area contributed by atoms with Crippen molar-refractivity contribution in [1.82, 2.24) is 20.3 Å². The Balaban J connectivity index is 1.47. The van der Waals surface area contributed by atoms with Crippen molar-refractivity contribution in [3.05, 3.63) is 41.8 Å². The van der Waals surface area contributed by atoms with Gasteiger partial charge in [0.1, 0.15) is 0 Å². The highest BCUT2D eigenvalue weighted by atomic mass is 32.2. The van der Waals surface area contributed by atoms with Crippen LogP contribution in [-0.4, -0.2) is 41.6 Å². The summed E-state index contributed by atoms with van der Waals surface area (Å²) in [4.78, 5) is 24.2. The Labute approximate surface area is 202 Å². The molecule has 0 aliphatic heterocycles. The first-order valence-electron chi connectivity index (χ1n) is 11.1. The molecule has 0 unspecified atom stereocenters. The lowest BCUT2D eigenvalue weighted by Gasteiger charge is -2.28. The van der Waals surface area contributed by atoms with E-state index in [1.54, 1.807) is 30.7 Å². The van der Waals surface area contributed by atoms with Gasteiger partial charge in [-0.2, -0.15) is 0 Å². The zero-order valence-electron chi connectivity index (χ0n) is 18.9. The summed E-state index contributed by atoms with van der Waals surface area (Å²) < 4.78 is 29.9. The number of benzene rings is 1. The monoisotopic (exact) mass is 504 g/mol. The summed E-state index contributed by atoms with van der Waals surface area (Å²) in [6.45, 7) is 3.64. The van der Waals surface area contributed by atoms with E-state index in [1.807, 2.05) is 13.8 Å². The smallest absolute Gasteiger partial charge is 0.407 e. The van der Waals surface area contributed by atoms with Gasteiger partial charge >= 0.3 is 6.09 Å². The van der Waals surface area contributed by atoms with E-state index < -0.39 is 10.0 Å². The van der Waals surface area contributed by atoms with Crippen LogP contribution in [0.25, 0.3) is 10.4 Å². The average Bonchev–Trinajstić information content (AvgIpc) is 3.45. The van der Waals surface area contributed by atoms with Crippen LogP contribution in [0.3, 0.4) is 0 Å². The van der Waals surface area contributed by atoms with Gasteiger partial charge in [-0.3, -0.25) is 0 Å². The van der Waals surface area contributed by atoms with Crippen LogP contribution in [-0.2, 0) is 14.8 Å². The molecule has 1 amide bonds. The van der Waals surface area contributed by atoms with Gasteiger partial charge in [0.05, 0.1) is 20.9 Å². The van der Waals surface area contributed by atoms with Gasteiger partial charge in [0, 0.05) is 41.8 Å². The molecule has 1 aliphatic carbocycles. The van der Waals surface area contributed by atoms with Crippen LogP contribution in [0.15, 0.2) is 41.7 Å². The maximum Gasteiger partial charge on any atom is 0.407 e. The molecule has 12 heteroatoms. The molecule has 1 aliphatic rings. The summed E-state index contributed by atoms with van der Waals surface area (Å²) in [6, 6.07) is 5.09. The average molecular weight is 505 g/mol. The Morgan fingerprint density at radius 1 is 1.24 bits per heavy atom. The van der Waals surface area contributed by atoms with Crippen LogP contribution in [0.1, 0.15) is 50.5 Å². The Kier molecular flexibility index (Phi) is 7.19. The number of sulfonamides is 1. The van der Waals surface area contributed by atoms with Crippen molar-refractivity contribution >= 4 is 39.1 Å². The third-order valence-corrected chi connectivity index (χ3v) is 7.72. The van der Waals surface area contributed by atoms with Crippen molar-refractivity contribution in [1.29, 1.82) is 0 Å². The maximum atomic E-state index is 12.3. The third kappa shape index (κ3) is 5.93. The summed E-state index contributed by atoms with van der Waals surface area (Å²) >= 11 is 1.48. The lowest BCUT2D eigenvalue weighted by molar-refractivity contribution is 0.109.